The summed E-state index contributed by atoms with van der Waals surface area (Å²) < 4.78 is 13.8. The van der Waals surface area contributed by atoms with Crippen molar-refractivity contribution < 1.29 is 9.31 Å². The van der Waals surface area contributed by atoms with Crippen LogP contribution >= 0.6 is 0 Å². The lowest BCUT2D eigenvalue weighted by molar-refractivity contribution is -0.383. The Morgan fingerprint density at radius 2 is 1.89 bits per heavy atom. The molecule has 0 amide bonds. The number of nitriles is 1. The highest BCUT2D eigenvalue weighted by Gasteiger charge is 2.17. The number of nitro groups is 1. The van der Waals surface area contributed by atoms with E-state index in [-0.39, 0.29) is 16.9 Å². The van der Waals surface area contributed by atoms with Crippen LogP contribution in [0.4, 0.5) is 15.8 Å². The summed E-state index contributed by atoms with van der Waals surface area (Å²) in [5, 5.41) is 19.5. The Morgan fingerprint density at radius 1 is 1.26 bits per heavy atom. The first-order valence-corrected chi connectivity index (χ1v) is 5.27. The molecule has 0 radical (unpaired) electrons. The van der Waals surface area contributed by atoms with Crippen molar-refractivity contribution in [1.29, 1.82) is 5.26 Å². The van der Waals surface area contributed by atoms with E-state index in [0.717, 1.165) is 12.1 Å². The highest BCUT2D eigenvalue weighted by Crippen LogP contribution is 2.31. The summed E-state index contributed by atoms with van der Waals surface area (Å²) in [7, 11) is 0. The van der Waals surface area contributed by atoms with Crippen LogP contribution in [0.1, 0.15) is 5.56 Å². The summed E-state index contributed by atoms with van der Waals surface area (Å²) >= 11 is 0. The zero-order valence-corrected chi connectivity index (χ0v) is 9.63. The molecule has 0 saturated heterocycles. The molecule has 0 aromatic heterocycles. The number of nitrogen functional groups attached to an aromatic ring is 1. The second-order valence-corrected chi connectivity index (χ2v) is 3.84. The van der Waals surface area contributed by atoms with Crippen molar-refractivity contribution >= 4 is 11.4 Å². The Bertz CT molecular complexity index is 690. The lowest BCUT2D eigenvalue weighted by atomic mass is 10.0. The molecule has 19 heavy (non-hydrogen) atoms. The second-order valence-electron chi connectivity index (χ2n) is 3.84. The van der Waals surface area contributed by atoms with Crippen LogP contribution in [0, 0.1) is 27.3 Å². The molecule has 2 aromatic carbocycles. The van der Waals surface area contributed by atoms with Crippen molar-refractivity contribution in [2.45, 2.75) is 0 Å². The van der Waals surface area contributed by atoms with E-state index in [0.29, 0.717) is 11.1 Å². The van der Waals surface area contributed by atoms with Gasteiger partial charge in [-0.15, -0.1) is 0 Å². The molecule has 2 aromatic rings. The van der Waals surface area contributed by atoms with Crippen molar-refractivity contribution in [3.63, 3.8) is 0 Å². The summed E-state index contributed by atoms with van der Waals surface area (Å²) in [5.41, 5.74) is 5.76. The molecule has 2 N–H and O–H groups in total. The second kappa shape index (κ2) is 4.74. The molecule has 0 fully saturated rings. The number of hydrogen-bond acceptors (Lipinski definition) is 4. The summed E-state index contributed by atoms with van der Waals surface area (Å²) in [6, 6.07) is 10.0. The summed E-state index contributed by atoms with van der Waals surface area (Å²) in [6.07, 6.45) is 0. The van der Waals surface area contributed by atoms with Crippen molar-refractivity contribution in [2.75, 3.05) is 5.73 Å². The largest absolute Gasteiger partial charge is 0.393 e. The van der Waals surface area contributed by atoms with Gasteiger partial charge in [0.25, 0.3) is 5.69 Å². The molecule has 0 unspecified atom stereocenters. The Kier molecular flexibility index (Phi) is 3.12. The molecule has 0 atom stereocenters. The van der Waals surface area contributed by atoms with E-state index < -0.39 is 10.7 Å². The van der Waals surface area contributed by atoms with E-state index in [1.165, 1.54) is 24.3 Å². The Labute approximate surface area is 107 Å². The van der Waals surface area contributed by atoms with Gasteiger partial charge in [-0.1, -0.05) is 12.1 Å². The molecule has 0 saturated carbocycles. The highest BCUT2D eigenvalue weighted by atomic mass is 19.1. The fourth-order valence-electron chi connectivity index (χ4n) is 1.68. The number of anilines is 1. The number of nitrogens with two attached hydrogens (primary N) is 1. The summed E-state index contributed by atoms with van der Waals surface area (Å²) in [5.74, 6) is -0.646. The number of rotatable bonds is 2. The van der Waals surface area contributed by atoms with Gasteiger partial charge in [0.15, 0.2) is 0 Å². The minimum Gasteiger partial charge on any atom is -0.393 e. The number of nitro benzene ring substituents is 1. The van der Waals surface area contributed by atoms with Crippen LogP contribution in [0.25, 0.3) is 11.1 Å². The zero-order chi connectivity index (χ0) is 14.0. The molecule has 5 nitrogen and oxygen atoms in total. The first-order chi connectivity index (χ1) is 9.02. The Morgan fingerprint density at radius 3 is 2.42 bits per heavy atom. The fourth-order valence-corrected chi connectivity index (χ4v) is 1.68. The van der Waals surface area contributed by atoms with Gasteiger partial charge >= 0.3 is 0 Å². The number of benzene rings is 2. The number of hydrogen-bond donors (Lipinski definition) is 1. The van der Waals surface area contributed by atoms with Crippen LogP contribution in [-0.2, 0) is 0 Å². The van der Waals surface area contributed by atoms with E-state index in [1.807, 2.05) is 6.07 Å². The quantitative estimate of drug-likeness (QED) is 0.508. The van der Waals surface area contributed by atoms with E-state index >= 15 is 0 Å². The van der Waals surface area contributed by atoms with Crippen LogP contribution in [0.5, 0.6) is 0 Å². The Balaban J connectivity index is 2.58. The third-order valence-corrected chi connectivity index (χ3v) is 2.64. The topological polar surface area (TPSA) is 92.9 Å². The minimum absolute atomic E-state index is 0.0744. The maximum atomic E-state index is 13.8. The third-order valence-electron chi connectivity index (χ3n) is 2.64. The van der Waals surface area contributed by atoms with E-state index in [4.69, 9.17) is 11.0 Å². The SMILES string of the molecule is N#Cc1ccc(-c2cc([N+](=O)[O-])c(N)cc2F)cc1. The van der Waals surface area contributed by atoms with Gasteiger partial charge in [-0.05, 0) is 17.7 Å². The van der Waals surface area contributed by atoms with Crippen molar-refractivity contribution in [3.05, 3.63) is 57.9 Å². The number of nitrogens with zero attached hydrogens (tertiary/aromatic N) is 2. The molecule has 0 aliphatic carbocycles. The average Bonchev–Trinajstić information content (AvgIpc) is 2.38. The number of halogens is 1. The van der Waals surface area contributed by atoms with Gasteiger partial charge in [0.05, 0.1) is 16.6 Å². The molecule has 6 heteroatoms. The molecule has 0 bridgehead atoms. The van der Waals surface area contributed by atoms with Crippen LogP contribution in [0.2, 0.25) is 0 Å². The molecule has 0 heterocycles. The lowest BCUT2D eigenvalue weighted by Crippen LogP contribution is -1.98. The molecule has 94 valence electrons. The smallest absolute Gasteiger partial charge is 0.292 e. The molecular weight excluding hydrogens is 249 g/mol. The third kappa shape index (κ3) is 2.35. The minimum atomic E-state index is -0.665. The van der Waals surface area contributed by atoms with E-state index in [2.05, 4.69) is 0 Å². The highest BCUT2D eigenvalue weighted by molar-refractivity contribution is 5.73. The monoisotopic (exact) mass is 257 g/mol. The predicted octanol–water partition coefficient (Wildman–Crippen LogP) is 2.85. The van der Waals surface area contributed by atoms with Crippen LogP contribution in [-0.4, -0.2) is 4.92 Å². The van der Waals surface area contributed by atoms with Gasteiger partial charge in [0.2, 0.25) is 0 Å². The first kappa shape index (κ1) is 12.5. The van der Waals surface area contributed by atoms with Crippen molar-refractivity contribution in [1.82, 2.24) is 0 Å². The standard InChI is InChI=1S/C13H8FN3O2/c14-11-6-12(16)13(17(18)19)5-10(11)9-3-1-8(7-15)2-4-9/h1-6H,16H2. The predicted molar refractivity (Wildman–Crippen MR) is 67.6 cm³/mol. The van der Waals surface area contributed by atoms with E-state index in [1.54, 1.807) is 0 Å². The fraction of sp³-hybridized carbons (Fsp3) is 0. The lowest BCUT2D eigenvalue weighted by Gasteiger charge is -2.05. The van der Waals surface area contributed by atoms with Crippen LogP contribution in [0.3, 0.4) is 0 Å². The molecule has 0 aliphatic heterocycles. The van der Waals surface area contributed by atoms with Crippen molar-refractivity contribution in [3.8, 4) is 17.2 Å². The van der Waals surface area contributed by atoms with Gasteiger partial charge in [-0.3, -0.25) is 10.1 Å². The van der Waals surface area contributed by atoms with Gasteiger partial charge in [-0.2, -0.15) is 5.26 Å². The first-order valence-electron chi connectivity index (χ1n) is 5.27. The van der Waals surface area contributed by atoms with Crippen molar-refractivity contribution in [2.24, 2.45) is 0 Å². The maximum absolute atomic E-state index is 13.8. The Hall–Kier alpha value is -2.94. The van der Waals surface area contributed by atoms with E-state index in [9.17, 15) is 14.5 Å². The van der Waals surface area contributed by atoms with Crippen LogP contribution in [0.15, 0.2) is 36.4 Å². The molecule has 0 spiro atoms. The summed E-state index contributed by atoms with van der Waals surface area (Å²) in [4.78, 5) is 10.1. The average molecular weight is 257 g/mol. The normalized spacial score (nSPS) is 9.89. The molecule has 2 rings (SSSR count). The molecule has 0 aliphatic rings. The van der Waals surface area contributed by atoms with Gasteiger partial charge < -0.3 is 5.73 Å². The zero-order valence-electron chi connectivity index (χ0n) is 9.63. The maximum Gasteiger partial charge on any atom is 0.292 e. The van der Waals surface area contributed by atoms with Crippen LogP contribution < -0.4 is 5.73 Å². The summed E-state index contributed by atoms with van der Waals surface area (Å²) in [6.45, 7) is 0. The molecular formula is C13H8FN3O2. The van der Waals surface area contributed by atoms with Gasteiger partial charge in [0, 0.05) is 17.7 Å². The van der Waals surface area contributed by atoms with Gasteiger partial charge in [-0.25, -0.2) is 4.39 Å². The van der Waals surface area contributed by atoms with Gasteiger partial charge in [0.1, 0.15) is 11.5 Å².